The van der Waals surface area contributed by atoms with E-state index in [4.69, 9.17) is 0 Å². The van der Waals surface area contributed by atoms with E-state index in [0.29, 0.717) is 30.3 Å². The topological polar surface area (TPSA) is 91.4 Å². The smallest absolute Gasteiger partial charge is 0.231 e. The van der Waals surface area contributed by atoms with E-state index in [1.807, 2.05) is 24.3 Å². The number of rotatable bonds is 7. The summed E-state index contributed by atoms with van der Waals surface area (Å²) in [5, 5.41) is 7.80. The quantitative estimate of drug-likeness (QED) is 0.761. The average Bonchev–Trinajstić information content (AvgIpc) is 3.18. The Morgan fingerprint density at radius 1 is 1.30 bits per heavy atom. The van der Waals surface area contributed by atoms with Gasteiger partial charge in [-0.05, 0) is 11.6 Å². The van der Waals surface area contributed by atoms with E-state index in [1.165, 1.54) is 11.3 Å². The summed E-state index contributed by atoms with van der Waals surface area (Å²) in [5.41, 5.74) is 2.55. The van der Waals surface area contributed by atoms with Crippen LogP contribution in [0.15, 0.2) is 29.6 Å². The van der Waals surface area contributed by atoms with Crippen molar-refractivity contribution in [3.05, 3.63) is 40.9 Å². The molecule has 0 spiro atoms. The number of nitrogens with zero attached hydrogens (tertiary/aromatic N) is 2. The Hall–Kier alpha value is -2.74. The van der Waals surface area contributed by atoms with Crippen LogP contribution in [0.2, 0.25) is 0 Å². The molecule has 2 N–H and O–H groups in total. The predicted molar refractivity (Wildman–Crippen MR) is 105 cm³/mol. The van der Waals surface area contributed by atoms with Gasteiger partial charge in [0.1, 0.15) is 0 Å². The van der Waals surface area contributed by atoms with Gasteiger partial charge in [0, 0.05) is 30.1 Å². The van der Waals surface area contributed by atoms with E-state index in [-0.39, 0.29) is 30.1 Å². The van der Waals surface area contributed by atoms with Gasteiger partial charge in [0.05, 0.1) is 18.5 Å². The van der Waals surface area contributed by atoms with Gasteiger partial charge in [-0.3, -0.25) is 14.4 Å². The van der Waals surface area contributed by atoms with Crippen LogP contribution in [0.5, 0.6) is 0 Å². The highest BCUT2D eigenvalue weighted by atomic mass is 32.1. The van der Waals surface area contributed by atoms with E-state index in [1.54, 1.807) is 24.1 Å². The molecule has 7 nitrogen and oxygen atoms in total. The molecule has 3 amide bonds. The number of aromatic nitrogens is 1. The van der Waals surface area contributed by atoms with Gasteiger partial charge in [0.25, 0.3) is 0 Å². The van der Waals surface area contributed by atoms with Crippen LogP contribution in [0.4, 0.5) is 10.8 Å². The largest absolute Gasteiger partial charge is 0.354 e. The third kappa shape index (κ3) is 4.71. The lowest BCUT2D eigenvalue weighted by Gasteiger charge is -2.17. The molecule has 0 radical (unpaired) electrons. The number of fused-ring (bicyclic) bond motifs is 1. The lowest BCUT2D eigenvalue weighted by atomic mass is 10.2. The first kappa shape index (κ1) is 19.0. The first-order chi connectivity index (χ1) is 12.9. The molecule has 3 rings (SSSR count). The lowest BCUT2D eigenvalue weighted by Crippen LogP contribution is -2.37. The van der Waals surface area contributed by atoms with Gasteiger partial charge in [-0.15, -0.1) is 11.3 Å². The summed E-state index contributed by atoms with van der Waals surface area (Å²) >= 11 is 1.30. The molecule has 0 fully saturated rings. The van der Waals surface area contributed by atoms with Gasteiger partial charge in [0.2, 0.25) is 17.7 Å². The zero-order chi connectivity index (χ0) is 19.4. The van der Waals surface area contributed by atoms with Crippen LogP contribution in [0.3, 0.4) is 0 Å². The van der Waals surface area contributed by atoms with Gasteiger partial charge in [-0.2, -0.15) is 0 Å². The Morgan fingerprint density at radius 2 is 2.07 bits per heavy atom. The van der Waals surface area contributed by atoms with E-state index in [9.17, 15) is 14.4 Å². The molecule has 142 valence electrons. The average molecular weight is 386 g/mol. The molecule has 0 aliphatic carbocycles. The summed E-state index contributed by atoms with van der Waals surface area (Å²) in [5.74, 6) is -0.340. The number of anilines is 2. The summed E-state index contributed by atoms with van der Waals surface area (Å²) < 4.78 is 0. The molecule has 0 unspecified atom stereocenters. The fraction of sp³-hybridized carbons (Fsp3) is 0.368. The minimum atomic E-state index is -0.165. The summed E-state index contributed by atoms with van der Waals surface area (Å²) in [6.45, 7) is 4.43. The highest BCUT2D eigenvalue weighted by molar-refractivity contribution is 7.13. The maximum Gasteiger partial charge on any atom is 0.231 e. The number of carbonyl (C=O) groups is 3. The van der Waals surface area contributed by atoms with Gasteiger partial charge in [-0.25, -0.2) is 4.98 Å². The van der Waals surface area contributed by atoms with Gasteiger partial charge < -0.3 is 15.5 Å². The maximum absolute atomic E-state index is 12.1. The number of thiazole rings is 1. The molecule has 0 saturated carbocycles. The first-order valence-corrected chi connectivity index (χ1v) is 9.72. The van der Waals surface area contributed by atoms with Crippen LogP contribution in [0.1, 0.15) is 25.1 Å². The predicted octanol–water partition coefficient (Wildman–Crippen LogP) is 1.99. The number of hydrogen-bond donors (Lipinski definition) is 2. The Balaban J connectivity index is 1.46. The number of amides is 3. The van der Waals surface area contributed by atoms with Gasteiger partial charge in [0.15, 0.2) is 5.13 Å². The van der Waals surface area contributed by atoms with Crippen molar-refractivity contribution in [2.75, 3.05) is 23.3 Å². The van der Waals surface area contributed by atoms with E-state index < -0.39 is 0 Å². The van der Waals surface area contributed by atoms with Crippen molar-refractivity contribution in [1.29, 1.82) is 0 Å². The Kier molecular flexibility index (Phi) is 5.85. The van der Waals surface area contributed by atoms with Crippen molar-refractivity contribution < 1.29 is 14.4 Å². The normalized spacial score (nSPS) is 13.0. The second-order valence-electron chi connectivity index (χ2n) is 6.67. The van der Waals surface area contributed by atoms with Crippen LogP contribution in [-0.2, 0) is 27.2 Å². The molecule has 1 aliphatic heterocycles. The summed E-state index contributed by atoms with van der Waals surface area (Å²) in [6, 6.07) is 7.69. The molecular weight excluding hydrogens is 364 g/mol. The number of hydrogen-bond acceptors (Lipinski definition) is 5. The molecule has 1 aromatic carbocycles. The minimum Gasteiger partial charge on any atom is -0.354 e. The third-order valence-corrected chi connectivity index (χ3v) is 5.04. The highest BCUT2D eigenvalue weighted by Gasteiger charge is 2.26. The van der Waals surface area contributed by atoms with Crippen LogP contribution >= 0.6 is 11.3 Å². The number of benzene rings is 1. The standard InChI is InChI=1S/C19H22N4O3S/c1-12(2)18(26)22-19-21-14(11-27-19)10-16(24)20-7-8-23-15-6-4-3-5-13(15)9-17(23)25/h3-6,11-12H,7-10H2,1-2H3,(H,20,24)(H,21,22,26). The van der Waals surface area contributed by atoms with Crippen molar-refractivity contribution >= 4 is 39.9 Å². The second-order valence-corrected chi connectivity index (χ2v) is 7.52. The van der Waals surface area contributed by atoms with Crippen molar-refractivity contribution in [2.24, 2.45) is 5.92 Å². The van der Waals surface area contributed by atoms with Crippen LogP contribution in [0, 0.1) is 5.92 Å². The second kappa shape index (κ2) is 8.30. The third-order valence-electron chi connectivity index (χ3n) is 4.23. The van der Waals surface area contributed by atoms with Crippen molar-refractivity contribution in [2.45, 2.75) is 26.7 Å². The minimum absolute atomic E-state index is 0.0514. The molecule has 0 saturated heterocycles. The zero-order valence-electron chi connectivity index (χ0n) is 15.3. The Bertz CT molecular complexity index is 862. The number of para-hydroxylation sites is 1. The van der Waals surface area contributed by atoms with Gasteiger partial charge >= 0.3 is 0 Å². The fourth-order valence-corrected chi connectivity index (χ4v) is 3.50. The van der Waals surface area contributed by atoms with Crippen LogP contribution in [0.25, 0.3) is 0 Å². The van der Waals surface area contributed by atoms with Crippen molar-refractivity contribution in [3.8, 4) is 0 Å². The fourth-order valence-electron chi connectivity index (χ4n) is 2.79. The number of carbonyl (C=O) groups excluding carboxylic acids is 3. The highest BCUT2D eigenvalue weighted by Crippen LogP contribution is 2.27. The van der Waals surface area contributed by atoms with E-state index >= 15 is 0 Å². The molecule has 0 atom stereocenters. The molecule has 8 heteroatoms. The SMILES string of the molecule is CC(C)C(=O)Nc1nc(CC(=O)NCCN2C(=O)Cc3ccccc32)cs1. The molecular formula is C19H22N4O3S. The van der Waals surface area contributed by atoms with Crippen LogP contribution < -0.4 is 15.5 Å². The van der Waals surface area contributed by atoms with Crippen LogP contribution in [-0.4, -0.2) is 35.8 Å². The maximum atomic E-state index is 12.1. The molecule has 0 bridgehead atoms. The van der Waals surface area contributed by atoms with Crippen molar-refractivity contribution in [3.63, 3.8) is 0 Å². The number of nitrogens with one attached hydrogen (secondary N) is 2. The van der Waals surface area contributed by atoms with Crippen molar-refractivity contribution in [1.82, 2.24) is 10.3 Å². The van der Waals surface area contributed by atoms with Gasteiger partial charge in [-0.1, -0.05) is 32.0 Å². The Labute approximate surface area is 161 Å². The van der Waals surface area contributed by atoms with E-state index in [0.717, 1.165) is 11.3 Å². The molecule has 2 aromatic rings. The summed E-state index contributed by atoms with van der Waals surface area (Å²) in [6.07, 6.45) is 0.548. The lowest BCUT2D eigenvalue weighted by molar-refractivity contribution is -0.121. The molecule has 1 aliphatic rings. The summed E-state index contributed by atoms with van der Waals surface area (Å²) in [4.78, 5) is 41.9. The molecule has 2 heterocycles. The summed E-state index contributed by atoms with van der Waals surface area (Å²) in [7, 11) is 0. The molecule has 27 heavy (non-hydrogen) atoms. The molecule has 1 aromatic heterocycles. The zero-order valence-corrected chi connectivity index (χ0v) is 16.1. The Morgan fingerprint density at radius 3 is 2.85 bits per heavy atom. The monoisotopic (exact) mass is 386 g/mol. The first-order valence-electron chi connectivity index (χ1n) is 8.84. The van der Waals surface area contributed by atoms with E-state index in [2.05, 4.69) is 15.6 Å².